The molecular weight excluding hydrogens is 328 g/mol. The van der Waals surface area contributed by atoms with Crippen molar-refractivity contribution in [3.05, 3.63) is 52.8 Å². The van der Waals surface area contributed by atoms with E-state index in [0.717, 1.165) is 5.56 Å². The van der Waals surface area contributed by atoms with Crippen molar-refractivity contribution in [2.75, 3.05) is 7.11 Å². The maximum Gasteiger partial charge on any atom is 0.216 e. The van der Waals surface area contributed by atoms with Crippen molar-refractivity contribution in [2.24, 2.45) is 5.10 Å². The van der Waals surface area contributed by atoms with Crippen LogP contribution in [0.15, 0.2) is 47.6 Å². The lowest BCUT2D eigenvalue weighted by Gasteiger charge is -2.07. The van der Waals surface area contributed by atoms with Gasteiger partial charge >= 0.3 is 0 Å². The third kappa shape index (κ3) is 2.99. The van der Waals surface area contributed by atoms with Crippen LogP contribution in [0.4, 0.5) is 0 Å². The number of benzene rings is 2. The number of H-pyrrole nitrogens is 1. The fraction of sp³-hybridized carbons (Fsp3) is 0.0625. The molecular formula is C16H14N4O3S. The standard InChI is InChI=1S/C16H14N4O3S/c1-23-14-5-3-2-4-12(14)15-18-19-16(24)20(15)17-9-10-6-7-11(21)8-13(10)22/h2-9,21-22H,1H3,(H,19,24)/b17-9+. The highest BCUT2D eigenvalue weighted by Crippen LogP contribution is 2.28. The Morgan fingerprint density at radius 2 is 2.04 bits per heavy atom. The molecule has 0 atom stereocenters. The summed E-state index contributed by atoms with van der Waals surface area (Å²) in [4.78, 5) is 0. The average Bonchev–Trinajstić information content (AvgIpc) is 2.94. The maximum absolute atomic E-state index is 9.83. The smallest absolute Gasteiger partial charge is 0.216 e. The highest BCUT2D eigenvalue weighted by Gasteiger charge is 2.13. The molecule has 24 heavy (non-hydrogen) atoms. The van der Waals surface area contributed by atoms with Gasteiger partial charge in [-0.2, -0.15) is 14.9 Å². The second-order valence-corrected chi connectivity index (χ2v) is 5.24. The van der Waals surface area contributed by atoms with Gasteiger partial charge in [0.25, 0.3) is 0 Å². The largest absolute Gasteiger partial charge is 0.508 e. The van der Waals surface area contributed by atoms with Crippen molar-refractivity contribution in [1.82, 2.24) is 14.9 Å². The Morgan fingerprint density at radius 1 is 1.25 bits per heavy atom. The molecule has 3 aromatic rings. The Hall–Kier alpha value is -3.13. The first kappa shape index (κ1) is 15.8. The van der Waals surface area contributed by atoms with Gasteiger partial charge in [0.2, 0.25) is 4.77 Å². The first-order valence-corrected chi connectivity index (χ1v) is 7.38. The number of nitrogens with zero attached hydrogens (tertiary/aromatic N) is 3. The molecule has 3 N–H and O–H groups in total. The van der Waals surface area contributed by atoms with Crippen LogP contribution >= 0.6 is 12.2 Å². The topological polar surface area (TPSA) is 95.7 Å². The minimum Gasteiger partial charge on any atom is -0.508 e. The number of aromatic amines is 1. The number of ether oxygens (including phenoxy) is 1. The van der Waals surface area contributed by atoms with E-state index >= 15 is 0 Å². The summed E-state index contributed by atoms with van der Waals surface area (Å²) >= 11 is 5.21. The van der Waals surface area contributed by atoms with E-state index in [1.54, 1.807) is 13.2 Å². The normalized spacial score (nSPS) is 11.0. The third-order valence-corrected chi connectivity index (χ3v) is 3.59. The predicted octanol–water partition coefficient (Wildman–Crippen LogP) is 2.91. The second-order valence-electron chi connectivity index (χ2n) is 4.85. The van der Waals surface area contributed by atoms with Crippen molar-refractivity contribution < 1.29 is 14.9 Å². The molecule has 0 aliphatic heterocycles. The number of para-hydroxylation sites is 1. The van der Waals surface area contributed by atoms with Crippen molar-refractivity contribution in [3.63, 3.8) is 0 Å². The van der Waals surface area contributed by atoms with Crippen LogP contribution in [-0.2, 0) is 0 Å². The fourth-order valence-corrected chi connectivity index (χ4v) is 2.34. The molecule has 0 fully saturated rings. The van der Waals surface area contributed by atoms with Crippen LogP contribution in [0.1, 0.15) is 5.56 Å². The fourth-order valence-electron chi connectivity index (χ4n) is 2.16. The Labute approximate surface area is 142 Å². The zero-order valence-corrected chi connectivity index (χ0v) is 13.5. The molecule has 0 amide bonds. The van der Waals surface area contributed by atoms with Gasteiger partial charge in [0.1, 0.15) is 17.2 Å². The molecule has 0 saturated carbocycles. The van der Waals surface area contributed by atoms with Crippen LogP contribution < -0.4 is 4.74 Å². The number of hydrogen-bond acceptors (Lipinski definition) is 6. The number of aromatic nitrogens is 3. The monoisotopic (exact) mass is 342 g/mol. The first-order valence-electron chi connectivity index (χ1n) is 6.97. The molecule has 2 aromatic carbocycles. The number of hydrogen-bond donors (Lipinski definition) is 3. The number of methoxy groups -OCH3 is 1. The maximum atomic E-state index is 9.83. The zero-order chi connectivity index (χ0) is 17.1. The van der Waals surface area contributed by atoms with E-state index in [-0.39, 0.29) is 11.5 Å². The Morgan fingerprint density at radius 3 is 2.79 bits per heavy atom. The van der Waals surface area contributed by atoms with Gasteiger partial charge < -0.3 is 14.9 Å². The molecule has 1 aromatic heterocycles. The van der Waals surface area contributed by atoms with Crippen molar-refractivity contribution in [2.45, 2.75) is 0 Å². The molecule has 0 spiro atoms. The minimum atomic E-state index is -0.0902. The number of phenolic OH excluding ortho intramolecular Hbond substituents is 2. The van der Waals surface area contributed by atoms with Gasteiger partial charge in [-0.1, -0.05) is 12.1 Å². The van der Waals surface area contributed by atoms with Crippen LogP contribution in [0.3, 0.4) is 0 Å². The molecule has 0 bridgehead atoms. The molecule has 7 nitrogen and oxygen atoms in total. The third-order valence-electron chi connectivity index (χ3n) is 3.32. The molecule has 3 rings (SSSR count). The quantitative estimate of drug-likeness (QED) is 0.500. The molecule has 1 heterocycles. The SMILES string of the molecule is COc1ccccc1-c1n[nH]c(=S)n1/N=C/c1ccc(O)cc1O. The van der Waals surface area contributed by atoms with Gasteiger partial charge in [-0.05, 0) is 36.5 Å². The van der Waals surface area contributed by atoms with Crippen LogP contribution in [0.25, 0.3) is 11.4 Å². The molecule has 0 aliphatic carbocycles. The lowest BCUT2D eigenvalue weighted by atomic mass is 10.2. The van der Waals surface area contributed by atoms with E-state index in [4.69, 9.17) is 17.0 Å². The second kappa shape index (κ2) is 6.55. The van der Waals surface area contributed by atoms with E-state index in [1.165, 1.54) is 23.0 Å². The summed E-state index contributed by atoms with van der Waals surface area (Å²) in [6.07, 6.45) is 1.43. The number of nitrogens with one attached hydrogen (secondary N) is 1. The zero-order valence-electron chi connectivity index (χ0n) is 12.7. The van der Waals surface area contributed by atoms with Crippen molar-refractivity contribution >= 4 is 18.4 Å². The van der Waals surface area contributed by atoms with E-state index in [0.29, 0.717) is 21.9 Å². The average molecular weight is 342 g/mol. The van der Waals surface area contributed by atoms with Gasteiger partial charge in [0.15, 0.2) is 5.82 Å². The number of rotatable bonds is 4. The summed E-state index contributed by atoms with van der Waals surface area (Å²) in [7, 11) is 1.57. The lowest BCUT2D eigenvalue weighted by Crippen LogP contribution is -1.97. The summed E-state index contributed by atoms with van der Waals surface area (Å²) in [5, 5.41) is 30.3. The van der Waals surface area contributed by atoms with Crippen molar-refractivity contribution in [3.8, 4) is 28.6 Å². The first-order chi connectivity index (χ1) is 11.6. The minimum absolute atomic E-state index is 0.0284. The van der Waals surface area contributed by atoms with Crippen LogP contribution in [-0.4, -0.2) is 38.4 Å². The highest BCUT2D eigenvalue weighted by molar-refractivity contribution is 7.71. The molecule has 122 valence electrons. The Balaban J connectivity index is 2.05. The predicted molar refractivity (Wildman–Crippen MR) is 92.2 cm³/mol. The van der Waals surface area contributed by atoms with E-state index in [1.807, 2.05) is 24.3 Å². The summed E-state index contributed by atoms with van der Waals surface area (Å²) in [6, 6.07) is 11.6. The summed E-state index contributed by atoms with van der Waals surface area (Å²) in [5.41, 5.74) is 1.15. The molecule has 0 saturated heterocycles. The number of aromatic hydroxyl groups is 2. The lowest BCUT2D eigenvalue weighted by molar-refractivity contribution is 0.416. The molecule has 0 radical (unpaired) electrons. The molecule has 8 heteroatoms. The summed E-state index contributed by atoms with van der Waals surface area (Å²) in [5.74, 6) is 0.995. The van der Waals surface area contributed by atoms with E-state index < -0.39 is 0 Å². The Kier molecular flexibility index (Phi) is 4.30. The van der Waals surface area contributed by atoms with Gasteiger partial charge in [0, 0.05) is 11.6 Å². The van der Waals surface area contributed by atoms with Gasteiger partial charge in [-0.15, -0.1) is 0 Å². The van der Waals surface area contributed by atoms with Gasteiger partial charge in [-0.3, -0.25) is 0 Å². The van der Waals surface area contributed by atoms with Crippen LogP contribution in [0.2, 0.25) is 0 Å². The van der Waals surface area contributed by atoms with Gasteiger partial charge in [-0.25, -0.2) is 5.10 Å². The number of phenols is 2. The summed E-state index contributed by atoms with van der Waals surface area (Å²) < 4.78 is 7.06. The molecule has 0 unspecified atom stereocenters. The van der Waals surface area contributed by atoms with Crippen LogP contribution in [0.5, 0.6) is 17.2 Å². The van der Waals surface area contributed by atoms with E-state index in [9.17, 15) is 10.2 Å². The van der Waals surface area contributed by atoms with Gasteiger partial charge in [0.05, 0.1) is 18.9 Å². The summed E-state index contributed by atoms with van der Waals surface area (Å²) in [6.45, 7) is 0. The highest BCUT2D eigenvalue weighted by atomic mass is 32.1. The molecule has 0 aliphatic rings. The van der Waals surface area contributed by atoms with Crippen molar-refractivity contribution in [1.29, 1.82) is 0 Å². The Bertz CT molecular complexity index is 962. The van der Waals surface area contributed by atoms with E-state index in [2.05, 4.69) is 15.3 Å². The van der Waals surface area contributed by atoms with Crippen LogP contribution in [0, 0.1) is 4.77 Å².